The van der Waals surface area contributed by atoms with Crippen molar-refractivity contribution in [3.8, 4) is 0 Å². The zero-order valence-electron chi connectivity index (χ0n) is 10.5. The van der Waals surface area contributed by atoms with Crippen LogP contribution in [0.3, 0.4) is 0 Å². The van der Waals surface area contributed by atoms with Gasteiger partial charge in [0.25, 0.3) is 5.56 Å². The van der Waals surface area contributed by atoms with Gasteiger partial charge in [-0.05, 0) is 12.5 Å². The Labute approximate surface area is 111 Å². The van der Waals surface area contributed by atoms with E-state index in [0.29, 0.717) is 0 Å². The van der Waals surface area contributed by atoms with Crippen LogP contribution in [0.4, 0.5) is 4.48 Å². The molecule has 108 valence electrons. The zero-order valence-corrected chi connectivity index (χ0v) is 10.5. The van der Waals surface area contributed by atoms with Gasteiger partial charge in [-0.1, -0.05) is 14.4 Å². The predicted octanol–water partition coefficient (Wildman–Crippen LogP) is 0.00972. The number of aliphatic hydroxyl groups is 1. The standard InChI is InChI=1S/C10H12FN5O4/c1-5-3-15(10(19)16(11)9(5)18)8-2-6(13-14-12)7(4-17)20-8/h3,6-8,17H,2,4H2,1H3/t6-,7+,8+/m0/s1. The fourth-order valence-electron chi connectivity index (χ4n) is 2.11. The van der Waals surface area contributed by atoms with E-state index in [2.05, 4.69) is 10.0 Å². The van der Waals surface area contributed by atoms with Gasteiger partial charge in [-0.15, -0.1) is 0 Å². The first-order valence-corrected chi connectivity index (χ1v) is 5.81. The summed E-state index contributed by atoms with van der Waals surface area (Å²) in [6.07, 6.45) is -0.398. The molecule has 1 saturated heterocycles. The molecule has 3 atom stereocenters. The Balaban J connectivity index is 2.42. The van der Waals surface area contributed by atoms with Gasteiger partial charge >= 0.3 is 5.69 Å². The summed E-state index contributed by atoms with van der Waals surface area (Å²) in [6.45, 7) is 0.959. The molecule has 0 unspecified atom stereocenters. The van der Waals surface area contributed by atoms with Crippen molar-refractivity contribution in [1.82, 2.24) is 9.36 Å². The summed E-state index contributed by atoms with van der Waals surface area (Å²) in [5.74, 6) is 0. The quantitative estimate of drug-likeness (QED) is 0.477. The van der Waals surface area contributed by atoms with Crippen LogP contribution < -0.4 is 11.2 Å². The monoisotopic (exact) mass is 285 g/mol. The molecule has 0 amide bonds. The number of azide groups is 1. The summed E-state index contributed by atoms with van der Waals surface area (Å²) in [5, 5.41) is 12.6. The van der Waals surface area contributed by atoms with E-state index in [-0.39, 0.29) is 12.0 Å². The number of hydrogen-bond donors (Lipinski definition) is 1. The predicted molar refractivity (Wildman–Crippen MR) is 64.8 cm³/mol. The maximum atomic E-state index is 13.4. The van der Waals surface area contributed by atoms with Gasteiger partial charge in [0.05, 0.1) is 18.8 Å². The van der Waals surface area contributed by atoms with Crippen molar-refractivity contribution in [2.45, 2.75) is 31.7 Å². The van der Waals surface area contributed by atoms with Gasteiger partial charge < -0.3 is 9.84 Å². The summed E-state index contributed by atoms with van der Waals surface area (Å²) in [4.78, 5) is 25.1. The molecule has 0 spiro atoms. The average Bonchev–Trinajstić information content (AvgIpc) is 2.84. The van der Waals surface area contributed by atoms with Crippen molar-refractivity contribution in [2.24, 2.45) is 5.11 Å². The SMILES string of the molecule is Cc1cn([C@H]2C[C@H](N=[N+]=[N-])[C@@H](CO)O2)c(=O)n(F)c1=O. The number of aromatic nitrogens is 2. The number of halogens is 1. The minimum atomic E-state index is -1.18. The summed E-state index contributed by atoms with van der Waals surface area (Å²) < 4.78 is 19.7. The van der Waals surface area contributed by atoms with Gasteiger partial charge in [0.2, 0.25) is 0 Å². The van der Waals surface area contributed by atoms with Crippen LogP contribution in [-0.2, 0) is 4.74 Å². The van der Waals surface area contributed by atoms with Crippen LogP contribution in [0.25, 0.3) is 10.4 Å². The molecule has 0 aliphatic carbocycles. The van der Waals surface area contributed by atoms with Crippen LogP contribution in [0.1, 0.15) is 18.2 Å². The lowest BCUT2D eigenvalue weighted by Crippen LogP contribution is -2.38. The van der Waals surface area contributed by atoms with Crippen LogP contribution in [0.5, 0.6) is 0 Å². The topological polar surface area (TPSA) is 122 Å². The van der Waals surface area contributed by atoms with E-state index in [0.717, 1.165) is 4.57 Å². The van der Waals surface area contributed by atoms with E-state index in [1.165, 1.54) is 13.1 Å². The molecule has 10 heteroatoms. The third kappa shape index (κ3) is 2.31. The first kappa shape index (κ1) is 14.3. The van der Waals surface area contributed by atoms with Gasteiger partial charge in [0.15, 0.2) is 0 Å². The van der Waals surface area contributed by atoms with E-state index in [1.807, 2.05) is 0 Å². The molecule has 1 aromatic heterocycles. The fourth-order valence-corrected chi connectivity index (χ4v) is 2.11. The summed E-state index contributed by atoms with van der Waals surface area (Å²) in [5.41, 5.74) is 6.24. The molecule has 0 radical (unpaired) electrons. The molecule has 0 saturated carbocycles. The molecule has 1 N–H and O–H groups in total. The molecule has 1 aliphatic heterocycles. The van der Waals surface area contributed by atoms with E-state index in [4.69, 9.17) is 15.4 Å². The number of rotatable bonds is 3. The molecular formula is C10H12FN5O4. The van der Waals surface area contributed by atoms with Crippen molar-refractivity contribution in [1.29, 1.82) is 0 Å². The van der Waals surface area contributed by atoms with Crippen LogP contribution >= 0.6 is 0 Å². The Bertz CT molecular complexity index is 677. The minimum Gasteiger partial charge on any atom is -0.394 e. The second-order valence-corrected chi connectivity index (χ2v) is 4.41. The van der Waals surface area contributed by atoms with Crippen molar-refractivity contribution in [3.63, 3.8) is 0 Å². The molecule has 2 heterocycles. The Kier molecular flexibility index (Phi) is 3.89. The maximum absolute atomic E-state index is 13.4. The van der Waals surface area contributed by atoms with Gasteiger partial charge in [0, 0.05) is 23.1 Å². The van der Waals surface area contributed by atoms with Crippen LogP contribution in [0, 0.1) is 6.92 Å². The maximum Gasteiger partial charge on any atom is 0.362 e. The highest BCUT2D eigenvalue weighted by Crippen LogP contribution is 2.29. The molecule has 1 fully saturated rings. The largest absolute Gasteiger partial charge is 0.394 e. The minimum absolute atomic E-state index is 0.0310. The fraction of sp³-hybridized carbons (Fsp3) is 0.600. The van der Waals surface area contributed by atoms with Crippen LogP contribution in [0.2, 0.25) is 0 Å². The molecule has 2 rings (SSSR count). The van der Waals surface area contributed by atoms with Gasteiger partial charge in [-0.2, -0.15) is 0 Å². The number of hydrogen-bond acceptors (Lipinski definition) is 5. The first-order valence-electron chi connectivity index (χ1n) is 5.81. The lowest BCUT2D eigenvalue weighted by atomic mass is 10.1. The van der Waals surface area contributed by atoms with E-state index in [1.54, 1.807) is 0 Å². The molecule has 9 nitrogen and oxygen atoms in total. The van der Waals surface area contributed by atoms with Crippen LogP contribution in [0.15, 0.2) is 20.9 Å². The third-order valence-corrected chi connectivity index (χ3v) is 3.13. The van der Waals surface area contributed by atoms with E-state index in [9.17, 15) is 14.1 Å². The second-order valence-electron chi connectivity index (χ2n) is 4.41. The smallest absolute Gasteiger partial charge is 0.362 e. The highest BCUT2D eigenvalue weighted by molar-refractivity contribution is 5.03. The van der Waals surface area contributed by atoms with E-state index < -0.39 is 41.0 Å². The number of ether oxygens (including phenoxy) is 1. The molecule has 20 heavy (non-hydrogen) atoms. The Morgan fingerprint density at radius 1 is 1.65 bits per heavy atom. The van der Waals surface area contributed by atoms with Crippen molar-refractivity contribution >= 4 is 0 Å². The van der Waals surface area contributed by atoms with Gasteiger partial charge in [-0.25, -0.2) is 4.79 Å². The summed E-state index contributed by atoms with van der Waals surface area (Å²) >= 11 is 0. The normalized spacial score (nSPS) is 25.4. The van der Waals surface area contributed by atoms with Gasteiger partial charge in [0.1, 0.15) is 6.23 Å². The number of nitrogens with zero attached hydrogens (tertiary/aromatic N) is 5. The molecule has 1 aromatic rings. The second kappa shape index (κ2) is 5.45. The van der Waals surface area contributed by atoms with Crippen molar-refractivity contribution < 1.29 is 14.3 Å². The van der Waals surface area contributed by atoms with Crippen LogP contribution in [-0.4, -0.2) is 33.2 Å². The Hall–Kier alpha value is -2.16. The molecule has 1 aliphatic rings. The molecule has 0 bridgehead atoms. The van der Waals surface area contributed by atoms with Gasteiger partial charge in [-0.3, -0.25) is 9.36 Å². The highest BCUT2D eigenvalue weighted by atomic mass is 19.2. The summed E-state index contributed by atoms with van der Waals surface area (Å²) in [7, 11) is 0. The Morgan fingerprint density at radius 2 is 2.35 bits per heavy atom. The Morgan fingerprint density at radius 3 is 2.95 bits per heavy atom. The summed E-state index contributed by atoms with van der Waals surface area (Å²) in [6, 6.07) is -0.665. The average molecular weight is 285 g/mol. The lowest BCUT2D eigenvalue weighted by Gasteiger charge is -2.15. The first-order chi connectivity index (χ1) is 9.49. The molecule has 0 aromatic carbocycles. The van der Waals surface area contributed by atoms with Crippen molar-refractivity contribution in [3.05, 3.63) is 43.0 Å². The molecular weight excluding hydrogens is 273 g/mol. The third-order valence-electron chi connectivity index (χ3n) is 3.13. The number of aryl methyl sites for hydroxylation is 1. The lowest BCUT2D eigenvalue weighted by molar-refractivity contribution is -0.0287. The van der Waals surface area contributed by atoms with E-state index >= 15 is 0 Å². The zero-order chi connectivity index (χ0) is 14.9. The van der Waals surface area contributed by atoms with Crippen molar-refractivity contribution in [2.75, 3.05) is 6.61 Å². The number of aliphatic hydroxyl groups excluding tert-OH is 1. The highest BCUT2D eigenvalue weighted by Gasteiger charge is 2.36.